The Hall–Kier alpha value is -2.23. The molecule has 0 saturated carbocycles. The monoisotopic (exact) mass is 414 g/mol. The van der Waals surface area contributed by atoms with Crippen molar-refractivity contribution in [1.82, 2.24) is 0 Å². The fraction of sp³-hybridized carbons (Fsp3) is 0.577. The van der Waals surface area contributed by atoms with Crippen LogP contribution in [0.3, 0.4) is 0 Å². The molecule has 4 nitrogen and oxygen atoms in total. The summed E-state index contributed by atoms with van der Waals surface area (Å²) in [6.07, 6.45) is 2.71. The highest BCUT2D eigenvalue weighted by Gasteiger charge is 2.21. The first kappa shape index (κ1) is 24.0. The fourth-order valence-electron chi connectivity index (χ4n) is 3.01. The first-order valence-corrected chi connectivity index (χ1v) is 11.3. The number of carbonyl (C=O) groups is 1. The number of fused-ring (bicyclic) bond motifs is 1. The van der Waals surface area contributed by atoms with Crippen molar-refractivity contribution >= 4 is 16.7 Å². The number of carbonyl (C=O) groups excluding carboxylic acids is 1. The summed E-state index contributed by atoms with van der Waals surface area (Å²) in [5.41, 5.74) is 0.445. The fourth-order valence-corrected chi connectivity index (χ4v) is 3.01. The summed E-state index contributed by atoms with van der Waals surface area (Å²) in [6, 6.07) is 9.74. The second kappa shape index (κ2) is 11.8. The van der Waals surface area contributed by atoms with Crippen molar-refractivity contribution in [2.75, 3.05) is 19.8 Å². The van der Waals surface area contributed by atoms with E-state index >= 15 is 0 Å². The lowest BCUT2D eigenvalue weighted by Gasteiger charge is -2.18. The molecule has 0 spiro atoms. The Kier molecular flexibility index (Phi) is 9.48. The molecular formula is C26H38O4. The SMILES string of the molecule is CC(C)CCOC(=O)c1cc(OCCC(C)C)c2ccccc2c1OCCC(C)C. The molecule has 0 aliphatic carbocycles. The average Bonchev–Trinajstić information content (AvgIpc) is 2.68. The van der Waals surface area contributed by atoms with Crippen LogP contribution in [0.1, 0.15) is 71.2 Å². The van der Waals surface area contributed by atoms with Gasteiger partial charge in [0.1, 0.15) is 17.1 Å². The zero-order valence-corrected chi connectivity index (χ0v) is 19.5. The van der Waals surface area contributed by atoms with Gasteiger partial charge < -0.3 is 14.2 Å². The number of hydrogen-bond donors (Lipinski definition) is 0. The second-order valence-corrected chi connectivity index (χ2v) is 9.18. The summed E-state index contributed by atoms with van der Waals surface area (Å²) in [6.45, 7) is 14.5. The highest BCUT2D eigenvalue weighted by Crippen LogP contribution is 2.37. The van der Waals surface area contributed by atoms with Crippen molar-refractivity contribution in [1.29, 1.82) is 0 Å². The quantitative estimate of drug-likeness (QED) is 0.355. The van der Waals surface area contributed by atoms with Gasteiger partial charge in [0.15, 0.2) is 0 Å². The molecule has 0 radical (unpaired) electrons. The summed E-state index contributed by atoms with van der Waals surface area (Å²) < 4.78 is 17.8. The molecule has 4 heteroatoms. The Balaban J connectivity index is 2.40. The molecule has 0 fully saturated rings. The highest BCUT2D eigenvalue weighted by atomic mass is 16.5. The Labute approximate surface area is 181 Å². The third-order valence-electron chi connectivity index (χ3n) is 5.00. The molecule has 0 unspecified atom stereocenters. The van der Waals surface area contributed by atoms with E-state index in [1.165, 1.54) is 0 Å². The van der Waals surface area contributed by atoms with Crippen LogP contribution in [0.25, 0.3) is 10.8 Å². The van der Waals surface area contributed by atoms with Crippen molar-refractivity contribution < 1.29 is 19.0 Å². The Morgan fingerprint density at radius 1 is 0.767 bits per heavy atom. The van der Waals surface area contributed by atoms with Gasteiger partial charge in [0, 0.05) is 10.8 Å². The number of hydrogen-bond acceptors (Lipinski definition) is 4. The minimum Gasteiger partial charge on any atom is -0.493 e. The van der Waals surface area contributed by atoms with E-state index < -0.39 is 0 Å². The van der Waals surface area contributed by atoms with Gasteiger partial charge in [-0.15, -0.1) is 0 Å². The molecule has 0 aromatic heterocycles. The van der Waals surface area contributed by atoms with Crippen molar-refractivity contribution in [3.63, 3.8) is 0 Å². The van der Waals surface area contributed by atoms with Crippen LogP contribution in [-0.2, 0) is 4.74 Å². The largest absolute Gasteiger partial charge is 0.493 e. The van der Waals surface area contributed by atoms with Gasteiger partial charge in [-0.3, -0.25) is 0 Å². The van der Waals surface area contributed by atoms with Crippen molar-refractivity contribution in [2.45, 2.75) is 60.8 Å². The summed E-state index contributed by atoms with van der Waals surface area (Å²) in [5.74, 6) is 2.50. The third-order valence-corrected chi connectivity index (χ3v) is 5.00. The van der Waals surface area contributed by atoms with Gasteiger partial charge in [0.2, 0.25) is 0 Å². The predicted octanol–water partition coefficient (Wildman–Crippen LogP) is 6.89. The first-order chi connectivity index (χ1) is 14.3. The maximum Gasteiger partial charge on any atom is 0.342 e. The van der Waals surface area contributed by atoms with Crippen LogP contribution >= 0.6 is 0 Å². The van der Waals surface area contributed by atoms with Crippen LogP contribution in [-0.4, -0.2) is 25.8 Å². The molecule has 0 N–H and O–H groups in total. The summed E-state index contributed by atoms with van der Waals surface area (Å²) in [4.78, 5) is 13.0. The maximum atomic E-state index is 13.0. The molecule has 2 aromatic rings. The van der Waals surface area contributed by atoms with Gasteiger partial charge >= 0.3 is 5.97 Å². The summed E-state index contributed by atoms with van der Waals surface area (Å²) >= 11 is 0. The van der Waals surface area contributed by atoms with Crippen LogP contribution in [0.2, 0.25) is 0 Å². The Morgan fingerprint density at radius 3 is 1.90 bits per heavy atom. The minimum absolute atomic E-state index is 0.352. The van der Waals surface area contributed by atoms with E-state index in [9.17, 15) is 4.79 Å². The van der Waals surface area contributed by atoms with Crippen LogP contribution in [0.15, 0.2) is 30.3 Å². The standard InChI is InChI=1S/C26H38O4/c1-18(2)11-14-28-24-17-23(26(27)30-16-13-20(5)6)25(29-15-12-19(3)4)22-10-8-7-9-21(22)24/h7-10,17-20H,11-16H2,1-6H3. The van der Waals surface area contributed by atoms with E-state index in [0.29, 0.717) is 54.6 Å². The summed E-state index contributed by atoms with van der Waals surface area (Å²) in [5, 5.41) is 1.85. The zero-order valence-electron chi connectivity index (χ0n) is 19.5. The molecule has 0 saturated heterocycles. The molecular weight excluding hydrogens is 376 g/mol. The normalized spacial score (nSPS) is 11.5. The molecule has 0 aliphatic rings. The smallest absolute Gasteiger partial charge is 0.342 e. The lowest BCUT2D eigenvalue weighted by molar-refractivity contribution is 0.0483. The lowest BCUT2D eigenvalue weighted by atomic mass is 10.0. The van der Waals surface area contributed by atoms with E-state index in [1.807, 2.05) is 24.3 Å². The van der Waals surface area contributed by atoms with Gasteiger partial charge in [-0.2, -0.15) is 0 Å². The predicted molar refractivity (Wildman–Crippen MR) is 124 cm³/mol. The first-order valence-electron chi connectivity index (χ1n) is 11.3. The number of rotatable bonds is 12. The van der Waals surface area contributed by atoms with E-state index in [0.717, 1.165) is 30.0 Å². The summed E-state index contributed by atoms with van der Waals surface area (Å²) in [7, 11) is 0. The van der Waals surface area contributed by atoms with Crippen LogP contribution in [0.5, 0.6) is 11.5 Å². The lowest BCUT2D eigenvalue weighted by Crippen LogP contribution is -2.12. The van der Waals surface area contributed by atoms with Crippen molar-refractivity contribution in [2.24, 2.45) is 17.8 Å². The van der Waals surface area contributed by atoms with E-state index in [2.05, 4.69) is 41.5 Å². The van der Waals surface area contributed by atoms with Crippen molar-refractivity contribution in [3.05, 3.63) is 35.9 Å². The topological polar surface area (TPSA) is 44.8 Å². The molecule has 2 aromatic carbocycles. The molecule has 0 aliphatic heterocycles. The third kappa shape index (κ3) is 7.23. The van der Waals surface area contributed by atoms with Gasteiger partial charge in [-0.05, 0) is 43.1 Å². The van der Waals surface area contributed by atoms with Crippen LogP contribution < -0.4 is 9.47 Å². The number of benzene rings is 2. The highest BCUT2D eigenvalue weighted by molar-refractivity contribution is 6.04. The molecule has 2 rings (SSSR count). The molecule has 0 amide bonds. The maximum absolute atomic E-state index is 13.0. The van der Waals surface area contributed by atoms with Crippen LogP contribution in [0, 0.1) is 17.8 Å². The minimum atomic E-state index is -0.352. The van der Waals surface area contributed by atoms with E-state index in [4.69, 9.17) is 14.2 Å². The number of ether oxygens (including phenoxy) is 3. The van der Waals surface area contributed by atoms with Gasteiger partial charge in [0.05, 0.1) is 19.8 Å². The zero-order chi connectivity index (χ0) is 22.1. The van der Waals surface area contributed by atoms with E-state index in [-0.39, 0.29) is 5.97 Å². The molecule has 166 valence electrons. The molecule has 0 atom stereocenters. The average molecular weight is 415 g/mol. The molecule has 30 heavy (non-hydrogen) atoms. The van der Waals surface area contributed by atoms with E-state index in [1.54, 1.807) is 6.07 Å². The van der Waals surface area contributed by atoms with Crippen molar-refractivity contribution in [3.8, 4) is 11.5 Å². The second-order valence-electron chi connectivity index (χ2n) is 9.18. The molecule has 0 bridgehead atoms. The van der Waals surface area contributed by atoms with Gasteiger partial charge in [-0.25, -0.2) is 4.79 Å². The number of esters is 1. The Morgan fingerprint density at radius 2 is 1.30 bits per heavy atom. The van der Waals surface area contributed by atoms with Crippen LogP contribution in [0.4, 0.5) is 0 Å². The van der Waals surface area contributed by atoms with Gasteiger partial charge in [0.25, 0.3) is 0 Å². The van der Waals surface area contributed by atoms with Gasteiger partial charge in [-0.1, -0.05) is 65.8 Å². The molecule has 0 heterocycles. The Bertz CT molecular complexity index is 808.